The van der Waals surface area contributed by atoms with Crippen molar-refractivity contribution in [2.75, 3.05) is 0 Å². The van der Waals surface area contributed by atoms with E-state index in [1.807, 2.05) is 0 Å². The Morgan fingerprint density at radius 3 is 2.62 bits per heavy atom. The Morgan fingerprint density at radius 2 is 2.38 bits per heavy atom. The topological polar surface area (TPSA) is 0 Å². The zero-order chi connectivity index (χ0) is 5.11. The van der Waals surface area contributed by atoms with Gasteiger partial charge >= 0.3 is 18.9 Å². The predicted molar refractivity (Wildman–Crippen MR) is 32.1 cm³/mol. The van der Waals surface area contributed by atoms with Crippen molar-refractivity contribution < 1.29 is 18.9 Å². The van der Waals surface area contributed by atoms with Gasteiger partial charge in [0, 0.05) is 0 Å². The fourth-order valence-corrected chi connectivity index (χ4v) is 0.754. The van der Waals surface area contributed by atoms with E-state index >= 15 is 0 Å². The van der Waals surface area contributed by atoms with Gasteiger partial charge in [-0.25, -0.2) is 0 Å². The van der Waals surface area contributed by atoms with Gasteiger partial charge in [-0.2, -0.15) is 0 Å². The van der Waals surface area contributed by atoms with Gasteiger partial charge in [-0.05, 0) is 12.8 Å². The Labute approximate surface area is 62.8 Å². The van der Waals surface area contributed by atoms with Gasteiger partial charge < -0.3 is 0 Å². The molecule has 1 aliphatic rings. The molecule has 0 aromatic heterocycles. The van der Waals surface area contributed by atoms with Gasteiger partial charge in [0.1, 0.15) is 0 Å². The quantitative estimate of drug-likeness (QED) is 0.383. The molecule has 0 aromatic carbocycles. The van der Waals surface area contributed by atoms with Crippen molar-refractivity contribution in [3.8, 4) is 0 Å². The first kappa shape index (κ1) is 8.08. The molecule has 38 valence electrons. The van der Waals surface area contributed by atoms with Crippen LogP contribution >= 0.6 is 0 Å². The minimum atomic E-state index is 0. The molecule has 0 aromatic rings. The molecule has 8 heavy (non-hydrogen) atoms. The second-order valence-corrected chi connectivity index (χ2v) is 1.81. The first-order chi connectivity index (χ1) is 3.43. The average Bonchev–Trinajstić information content (AvgIpc) is 2.14. The first-order valence-corrected chi connectivity index (χ1v) is 2.78. The Morgan fingerprint density at radius 1 is 1.62 bits per heavy atom. The summed E-state index contributed by atoms with van der Waals surface area (Å²) in [6.45, 7) is 2.19. The minimum absolute atomic E-state index is 0. The SMILES string of the molecule is CCC1=CC=CC1.[Li+]. The van der Waals surface area contributed by atoms with Crippen molar-refractivity contribution in [3.63, 3.8) is 0 Å². The first-order valence-electron chi connectivity index (χ1n) is 2.78. The maximum Gasteiger partial charge on any atom is 1.00 e. The van der Waals surface area contributed by atoms with Crippen LogP contribution in [-0.4, -0.2) is 0 Å². The number of hydrogen-bond acceptors (Lipinski definition) is 0. The van der Waals surface area contributed by atoms with Crippen LogP contribution in [0.2, 0.25) is 0 Å². The molecule has 0 heterocycles. The molecule has 0 unspecified atom stereocenters. The van der Waals surface area contributed by atoms with E-state index in [1.165, 1.54) is 12.8 Å². The summed E-state index contributed by atoms with van der Waals surface area (Å²) in [5.41, 5.74) is 1.56. The summed E-state index contributed by atoms with van der Waals surface area (Å²) >= 11 is 0. The molecule has 0 atom stereocenters. The zero-order valence-electron chi connectivity index (χ0n) is 5.65. The van der Waals surface area contributed by atoms with Crippen LogP contribution in [-0.2, 0) is 0 Å². The Balaban J connectivity index is 0.000000490. The molecule has 0 fully saturated rings. The van der Waals surface area contributed by atoms with E-state index in [2.05, 4.69) is 25.2 Å². The third kappa shape index (κ3) is 1.90. The van der Waals surface area contributed by atoms with Gasteiger partial charge in [-0.1, -0.05) is 30.7 Å². The second kappa shape index (κ2) is 4.01. The van der Waals surface area contributed by atoms with Crippen LogP contribution in [0.3, 0.4) is 0 Å². The molecule has 0 aliphatic heterocycles. The van der Waals surface area contributed by atoms with Gasteiger partial charge in [0.25, 0.3) is 0 Å². The third-order valence-electron chi connectivity index (χ3n) is 1.30. The summed E-state index contributed by atoms with van der Waals surface area (Å²) < 4.78 is 0. The van der Waals surface area contributed by atoms with E-state index in [1.54, 1.807) is 5.57 Å². The molecule has 1 rings (SSSR count). The van der Waals surface area contributed by atoms with Crippen molar-refractivity contribution in [3.05, 3.63) is 23.8 Å². The van der Waals surface area contributed by atoms with Crippen LogP contribution in [0.4, 0.5) is 0 Å². The predicted octanol–water partition coefficient (Wildman–Crippen LogP) is -0.713. The fourth-order valence-electron chi connectivity index (χ4n) is 0.754. The van der Waals surface area contributed by atoms with Crippen molar-refractivity contribution in [2.24, 2.45) is 0 Å². The normalized spacial score (nSPS) is 15.4. The van der Waals surface area contributed by atoms with Gasteiger partial charge in [-0.3, -0.25) is 0 Å². The molecule has 0 N–H and O–H groups in total. The van der Waals surface area contributed by atoms with Crippen molar-refractivity contribution in [2.45, 2.75) is 19.8 Å². The molecule has 0 saturated heterocycles. The largest absolute Gasteiger partial charge is 1.00 e. The van der Waals surface area contributed by atoms with Crippen molar-refractivity contribution in [1.29, 1.82) is 0 Å². The van der Waals surface area contributed by atoms with E-state index in [4.69, 9.17) is 0 Å². The zero-order valence-corrected chi connectivity index (χ0v) is 5.65. The standard InChI is InChI=1S/C7H10.Li/c1-2-7-5-3-4-6-7;/h3-5H,2,6H2,1H3;/q;+1. The van der Waals surface area contributed by atoms with Crippen LogP contribution in [0.5, 0.6) is 0 Å². The summed E-state index contributed by atoms with van der Waals surface area (Å²) in [7, 11) is 0. The van der Waals surface area contributed by atoms with E-state index < -0.39 is 0 Å². The Kier molecular flexibility index (Phi) is 4.05. The number of hydrogen-bond donors (Lipinski definition) is 0. The molecule has 0 amide bonds. The van der Waals surface area contributed by atoms with Crippen LogP contribution in [0, 0.1) is 0 Å². The summed E-state index contributed by atoms with van der Waals surface area (Å²) in [6, 6.07) is 0. The van der Waals surface area contributed by atoms with Gasteiger partial charge in [0.15, 0.2) is 0 Å². The van der Waals surface area contributed by atoms with E-state index in [0.717, 1.165) is 0 Å². The summed E-state index contributed by atoms with van der Waals surface area (Å²) in [5, 5.41) is 0. The summed E-state index contributed by atoms with van der Waals surface area (Å²) in [4.78, 5) is 0. The molecule has 0 nitrogen and oxygen atoms in total. The maximum absolute atomic E-state index is 2.19. The van der Waals surface area contributed by atoms with Gasteiger partial charge in [0.05, 0.1) is 0 Å². The summed E-state index contributed by atoms with van der Waals surface area (Å²) in [5.74, 6) is 0. The monoisotopic (exact) mass is 101 g/mol. The molecule has 1 heteroatoms. The van der Waals surface area contributed by atoms with E-state index in [9.17, 15) is 0 Å². The third-order valence-corrected chi connectivity index (χ3v) is 1.30. The van der Waals surface area contributed by atoms with E-state index in [-0.39, 0.29) is 18.9 Å². The number of allylic oxidation sites excluding steroid dienone is 4. The molecule has 0 saturated carbocycles. The van der Waals surface area contributed by atoms with Crippen LogP contribution < -0.4 is 18.9 Å². The number of rotatable bonds is 1. The molecular formula is C7H10Li+. The van der Waals surface area contributed by atoms with Crippen molar-refractivity contribution in [1.82, 2.24) is 0 Å². The van der Waals surface area contributed by atoms with E-state index in [0.29, 0.717) is 0 Å². The molecule has 1 aliphatic carbocycles. The van der Waals surface area contributed by atoms with Gasteiger partial charge in [-0.15, -0.1) is 0 Å². The minimum Gasteiger partial charge on any atom is -0.0805 e. The Hall–Kier alpha value is 0.0774. The fraction of sp³-hybridized carbons (Fsp3) is 0.429. The summed E-state index contributed by atoms with van der Waals surface area (Å²) in [6.07, 6.45) is 8.92. The average molecular weight is 101 g/mol. The second-order valence-electron chi connectivity index (χ2n) is 1.81. The molecule has 0 radical (unpaired) electrons. The van der Waals surface area contributed by atoms with Gasteiger partial charge in [0.2, 0.25) is 0 Å². The van der Waals surface area contributed by atoms with Crippen LogP contribution in [0.15, 0.2) is 23.8 Å². The van der Waals surface area contributed by atoms with Crippen LogP contribution in [0.25, 0.3) is 0 Å². The maximum atomic E-state index is 2.19. The van der Waals surface area contributed by atoms with Crippen LogP contribution in [0.1, 0.15) is 19.8 Å². The molecular weight excluding hydrogens is 91.0 g/mol. The Bertz CT molecular complexity index is 112. The molecule has 0 bridgehead atoms. The van der Waals surface area contributed by atoms with Crippen molar-refractivity contribution >= 4 is 0 Å². The molecule has 0 spiro atoms. The smallest absolute Gasteiger partial charge is 0.0805 e.